The van der Waals surface area contributed by atoms with Gasteiger partial charge in [0, 0.05) is 35.5 Å². The molecule has 0 aliphatic rings. The van der Waals surface area contributed by atoms with Crippen molar-refractivity contribution in [3.8, 4) is 5.75 Å². The molecule has 0 aliphatic heterocycles. The number of halogens is 1. The third kappa shape index (κ3) is 5.69. The van der Waals surface area contributed by atoms with Crippen LogP contribution >= 0.6 is 22.9 Å². The maximum atomic E-state index is 5.99. The minimum Gasteiger partial charge on any atom is -0.496 e. The molecule has 0 fully saturated rings. The Kier molecular flexibility index (Phi) is 7.34. The van der Waals surface area contributed by atoms with E-state index >= 15 is 0 Å². The van der Waals surface area contributed by atoms with E-state index in [0.717, 1.165) is 47.5 Å². The number of rotatable bonds is 7. The number of guanidine groups is 1. The second-order valence-electron chi connectivity index (χ2n) is 5.19. The average molecular weight is 367 g/mol. The van der Waals surface area contributed by atoms with Gasteiger partial charge in [-0.3, -0.25) is 0 Å². The molecule has 0 aliphatic carbocycles. The molecular formula is C17H23ClN4OS. The Morgan fingerprint density at radius 2 is 2.21 bits per heavy atom. The van der Waals surface area contributed by atoms with E-state index in [1.54, 1.807) is 24.5 Å². The zero-order valence-electron chi connectivity index (χ0n) is 14.2. The largest absolute Gasteiger partial charge is 0.496 e. The van der Waals surface area contributed by atoms with Gasteiger partial charge >= 0.3 is 0 Å². The van der Waals surface area contributed by atoms with Crippen LogP contribution in [0.4, 0.5) is 0 Å². The fraction of sp³-hybridized carbons (Fsp3) is 0.412. The molecule has 5 nitrogen and oxygen atoms in total. The van der Waals surface area contributed by atoms with Crippen LogP contribution < -0.4 is 15.4 Å². The summed E-state index contributed by atoms with van der Waals surface area (Å²) in [6.07, 6.45) is 0.874. The van der Waals surface area contributed by atoms with Gasteiger partial charge in [-0.05, 0) is 26.0 Å². The lowest BCUT2D eigenvalue weighted by molar-refractivity contribution is 0.410. The first-order valence-corrected chi connectivity index (χ1v) is 9.13. The number of hydrogen-bond donors (Lipinski definition) is 2. The van der Waals surface area contributed by atoms with Crippen LogP contribution in [0.3, 0.4) is 0 Å². The molecular weight excluding hydrogens is 344 g/mol. The van der Waals surface area contributed by atoms with Crippen molar-refractivity contribution in [3.63, 3.8) is 0 Å². The van der Waals surface area contributed by atoms with Crippen LogP contribution in [0.15, 0.2) is 28.6 Å². The van der Waals surface area contributed by atoms with Crippen LogP contribution in [0.1, 0.15) is 23.2 Å². The molecule has 0 radical (unpaired) electrons. The lowest BCUT2D eigenvalue weighted by atomic mass is 10.2. The van der Waals surface area contributed by atoms with Crippen molar-refractivity contribution in [3.05, 3.63) is 44.9 Å². The van der Waals surface area contributed by atoms with Gasteiger partial charge in [0.25, 0.3) is 0 Å². The molecule has 0 bridgehead atoms. The number of aryl methyl sites for hydroxylation is 1. The molecule has 130 valence electrons. The van der Waals surface area contributed by atoms with Gasteiger partial charge in [-0.25, -0.2) is 9.98 Å². The number of hydrogen-bond acceptors (Lipinski definition) is 4. The van der Waals surface area contributed by atoms with E-state index in [9.17, 15) is 0 Å². The van der Waals surface area contributed by atoms with Crippen LogP contribution in [0, 0.1) is 6.92 Å². The smallest absolute Gasteiger partial charge is 0.191 e. The Bertz CT molecular complexity index is 687. The van der Waals surface area contributed by atoms with Crippen molar-refractivity contribution >= 4 is 28.9 Å². The van der Waals surface area contributed by atoms with Crippen molar-refractivity contribution in [1.29, 1.82) is 0 Å². The molecule has 1 heterocycles. The summed E-state index contributed by atoms with van der Waals surface area (Å²) in [5.74, 6) is 1.53. The normalized spacial score (nSPS) is 11.4. The Morgan fingerprint density at radius 3 is 2.88 bits per heavy atom. The lowest BCUT2D eigenvalue weighted by Crippen LogP contribution is -2.38. The SMILES string of the molecule is CCNC(=NCc1ccc(Cl)cc1OC)NCCc1csc(C)n1. The quantitative estimate of drug-likeness (QED) is 0.582. The van der Waals surface area contributed by atoms with E-state index in [1.165, 1.54) is 0 Å². The molecule has 7 heteroatoms. The molecule has 0 saturated heterocycles. The summed E-state index contributed by atoms with van der Waals surface area (Å²) in [5, 5.41) is 10.4. The third-order valence-electron chi connectivity index (χ3n) is 3.34. The van der Waals surface area contributed by atoms with Gasteiger partial charge in [0.05, 0.1) is 24.4 Å². The van der Waals surface area contributed by atoms with Crippen molar-refractivity contribution in [2.75, 3.05) is 20.2 Å². The highest BCUT2D eigenvalue weighted by Crippen LogP contribution is 2.23. The first-order chi connectivity index (χ1) is 11.6. The highest BCUT2D eigenvalue weighted by molar-refractivity contribution is 7.09. The Balaban J connectivity index is 1.94. The van der Waals surface area contributed by atoms with Crippen molar-refractivity contribution in [1.82, 2.24) is 15.6 Å². The van der Waals surface area contributed by atoms with Crippen LogP contribution in [-0.2, 0) is 13.0 Å². The predicted octanol–water partition coefficient (Wildman–Crippen LogP) is 3.41. The van der Waals surface area contributed by atoms with Gasteiger partial charge in [-0.1, -0.05) is 17.7 Å². The van der Waals surface area contributed by atoms with E-state index in [2.05, 4.69) is 26.0 Å². The zero-order valence-corrected chi connectivity index (χ0v) is 15.8. The maximum Gasteiger partial charge on any atom is 0.191 e. The monoisotopic (exact) mass is 366 g/mol. The molecule has 0 saturated carbocycles. The molecule has 2 rings (SSSR count). The number of nitrogens with zero attached hydrogens (tertiary/aromatic N) is 2. The van der Waals surface area contributed by atoms with E-state index in [0.29, 0.717) is 11.6 Å². The Morgan fingerprint density at radius 1 is 1.38 bits per heavy atom. The van der Waals surface area contributed by atoms with Crippen molar-refractivity contribution in [2.45, 2.75) is 26.8 Å². The first-order valence-electron chi connectivity index (χ1n) is 7.88. The van der Waals surface area contributed by atoms with Gasteiger partial charge < -0.3 is 15.4 Å². The number of benzene rings is 1. The minimum absolute atomic E-state index is 0.519. The van der Waals surface area contributed by atoms with Gasteiger partial charge in [-0.15, -0.1) is 11.3 Å². The third-order valence-corrected chi connectivity index (χ3v) is 4.40. The Hall–Kier alpha value is -1.79. The minimum atomic E-state index is 0.519. The molecule has 1 aromatic heterocycles. The second-order valence-corrected chi connectivity index (χ2v) is 6.68. The standard InChI is InChI=1S/C17H23ClN4OS/c1-4-19-17(20-8-7-15-11-24-12(2)22-15)21-10-13-5-6-14(18)9-16(13)23-3/h5-6,9,11H,4,7-8,10H2,1-3H3,(H2,19,20,21). The average Bonchev–Trinajstić information content (AvgIpc) is 2.98. The number of methoxy groups -OCH3 is 1. The van der Waals surface area contributed by atoms with E-state index in [1.807, 2.05) is 26.0 Å². The number of ether oxygens (including phenoxy) is 1. The van der Waals surface area contributed by atoms with Crippen molar-refractivity contribution < 1.29 is 4.74 Å². The highest BCUT2D eigenvalue weighted by atomic mass is 35.5. The van der Waals surface area contributed by atoms with Gasteiger partial charge in [0.2, 0.25) is 0 Å². The van der Waals surface area contributed by atoms with Crippen LogP contribution in [0.2, 0.25) is 5.02 Å². The summed E-state index contributed by atoms with van der Waals surface area (Å²) in [6, 6.07) is 5.59. The zero-order chi connectivity index (χ0) is 17.4. The fourth-order valence-electron chi connectivity index (χ4n) is 2.19. The summed E-state index contributed by atoms with van der Waals surface area (Å²) >= 11 is 7.67. The molecule has 2 aromatic rings. The number of thiazole rings is 1. The summed E-state index contributed by atoms with van der Waals surface area (Å²) < 4.78 is 5.36. The molecule has 0 unspecified atom stereocenters. The second kappa shape index (κ2) is 9.49. The van der Waals surface area contributed by atoms with Gasteiger partial charge in [0.1, 0.15) is 5.75 Å². The van der Waals surface area contributed by atoms with Crippen LogP contribution in [0.5, 0.6) is 5.75 Å². The number of nitrogens with one attached hydrogen (secondary N) is 2. The van der Waals surface area contributed by atoms with Crippen LogP contribution in [0.25, 0.3) is 0 Å². The predicted molar refractivity (Wildman–Crippen MR) is 101 cm³/mol. The van der Waals surface area contributed by atoms with E-state index in [4.69, 9.17) is 16.3 Å². The highest BCUT2D eigenvalue weighted by Gasteiger charge is 2.05. The molecule has 0 atom stereocenters. The van der Waals surface area contributed by atoms with Crippen molar-refractivity contribution in [2.24, 2.45) is 4.99 Å². The van der Waals surface area contributed by atoms with E-state index in [-0.39, 0.29) is 0 Å². The summed E-state index contributed by atoms with van der Waals surface area (Å²) in [7, 11) is 1.64. The number of aromatic nitrogens is 1. The molecule has 0 amide bonds. The van der Waals surface area contributed by atoms with Gasteiger partial charge in [0.15, 0.2) is 5.96 Å². The summed E-state index contributed by atoms with van der Waals surface area (Å²) in [5.41, 5.74) is 2.11. The van der Waals surface area contributed by atoms with Crippen LogP contribution in [-0.4, -0.2) is 31.1 Å². The molecule has 24 heavy (non-hydrogen) atoms. The topological polar surface area (TPSA) is 58.5 Å². The fourth-order valence-corrected chi connectivity index (χ4v) is 3.00. The maximum absolute atomic E-state index is 5.99. The molecule has 1 aromatic carbocycles. The Labute approximate surface area is 152 Å². The van der Waals surface area contributed by atoms with E-state index < -0.39 is 0 Å². The first kappa shape index (κ1) is 18.5. The molecule has 2 N–H and O–H groups in total. The summed E-state index contributed by atoms with van der Waals surface area (Å²) in [6.45, 7) is 6.17. The van der Waals surface area contributed by atoms with Gasteiger partial charge in [-0.2, -0.15) is 0 Å². The summed E-state index contributed by atoms with van der Waals surface area (Å²) in [4.78, 5) is 9.08. The molecule has 0 spiro atoms. The number of aliphatic imine (C=N–C) groups is 1. The lowest BCUT2D eigenvalue weighted by Gasteiger charge is -2.12.